The van der Waals surface area contributed by atoms with Crippen molar-refractivity contribution in [1.82, 2.24) is 10.8 Å². The number of hydrogen-bond donors (Lipinski definition) is 2. The van der Waals surface area contributed by atoms with Gasteiger partial charge in [-0.3, -0.25) is 9.59 Å². The Morgan fingerprint density at radius 2 is 2.38 bits per heavy atom. The maximum Gasteiger partial charge on any atom is 0.344 e. The average molecular weight is 209 g/mol. The molecule has 0 aromatic heterocycles. The first-order chi connectivity index (χ1) is 5.75. The molecule has 74 valence electrons. The summed E-state index contributed by atoms with van der Waals surface area (Å²) in [4.78, 5) is 35.7. The van der Waals surface area contributed by atoms with Crippen LogP contribution in [0.5, 0.6) is 0 Å². The second kappa shape index (κ2) is 5.36. The van der Waals surface area contributed by atoms with Crippen LogP contribution in [0.2, 0.25) is 0 Å². The number of hydrogen-bond acceptors (Lipinski definition) is 4. The van der Waals surface area contributed by atoms with Crippen molar-refractivity contribution in [2.75, 3.05) is 6.54 Å². The van der Waals surface area contributed by atoms with Crippen LogP contribution >= 0.6 is 12.4 Å². The molecule has 7 heteroatoms. The van der Waals surface area contributed by atoms with Crippen molar-refractivity contribution in [1.29, 1.82) is 0 Å². The van der Waals surface area contributed by atoms with Gasteiger partial charge in [-0.1, -0.05) is 0 Å². The largest absolute Gasteiger partial charge is 0.355 e. The smallest absolute Gasteiger partial charge is 0.344 e. The van der Waals surface area contributed by atoms with Crippen LogP contribution in [0.1, 0.15) is 6.42 Å². The van der Waals surface area contributed by atoms with Crippen LogP contribution in [-0.2, 0) is 19.2 Å². The predicted octanol–water partition coefficient (Wildman–Crippen LogP) is -1.25. The van der Waals surface area contributed by atoms with Gasteiger partial charge in [-0.25, -0.2) is 4.79 Å². The van der Waals surface area contributed by atoms with Crippen LogP contribution in [0.3, 0.4) is 0 Å². The highest BCUT2D eigenvalue weighted by Crippen LogP contribution is 2.09. The Hall–Kier alpha value is -1.30. The molecule has 2 N–H and O–H groups in total. The van der Waals surface area contributed by atoms with E-state index in [1.165, 1.54) is 0 Å². The Morgan fingerprint density at radius 1 is 1.69 bits per heavy atom. The average Bonchev–Trinajstić information content (AvgIpc) is 2.47. The van der Waals surface area contributed by atoms with E-state index in [0.29, 0.717) is 13.0 Å². The molecule has 1 fully saturated rings. The Morgan fingerprint density at radius 3 is 2.85 bits per heavy atom. The number of carbonyl (C=O) groups excluding carboxylic acids is 3. The summed E-state index contributed by atoms with van der Waals surface area (Å²) in [5, 5.41) is 2.47. The standard InChI is InChI=1S/C6H8N2O4.ClH/c9-3-8-12-6(11)4-1-2-7-5(4)10;/h3-4H,1-2H2,(H,7,10)(H,8,9);1H/t4-;/m1./s1. The molecule has 0 aliphatic carbocycles. The summed E-state index contributed by atoms with van der Waals surface area (Å²) in [5.74, 6) is -1.86. The van der Waals surface area contributed by atoms with Gasteiger partial charge in [0.15, 0.2) is 0 Å². The van der Waals surface area contributed by atoms with Gasteiger partial charge in [-0.05, 0) is 6.42 Å². The first-order valence-electron chi connectivity index (χ1n) is 3.43. The van der Waals surface area contributed by atoms with Gasteiger partial charge in [-0.15, -0.1) is 12.4 Å². The maximum absolute atomic E-state index is 10.9. The van der Waals surface area contributed by atoms with Crippen LogP contribution in [0.25, 0.3) is 0 Å². The molecule has 0 bridgehead atoms. The van der Waals surface area contributed by atoms with Crippen molar-refractivity contribution in [3.8, 4) is 0 Å². The van der Waals surface area contributed by atoms with Crippen LogP contribution in [0, 0.1) is 5.92 Å². The molecule has 1 atom stereocenters. The third-order valence-corrected chi connectivity index (χ3v) is 1.54. The molecule has 1 saturated heterocycles. The number of rotatable bonds is 3. The minimum atomic E-state index is -0.780. The molecular formula is C6H9ClN2O4. The van der Waals surface area contributed by atoms with Gasteiger partial charge < -0.3 is 10.2 Å². The van der Waals surface area contributed by atoms with E-state index in [1.807, 2.05) is 0 Å². The molecular weight excluding hydrogens is 200 g/mol. The van der Waals surface area contributed by atoms with E-state index in [9.17, 15) is 14.4 Å². The molecule has 0 aromatic carbocycles. The van der Waals surface area contributed by atoms with E-state index in [2.05, 4.69) is 10.2 Å². The molecule has 1 aliphatic rings. The van der Waals surface area contributed by atoms with E-state index >= 15 is 0 Å². The lowest BCUT2D eigenvalue weighted by Crippen LogP contribution is -2.30. The predicted molar refractivity (Wildman–Crippen MR) is 43.7 cm³/mol. The SMILES string of the molecule is Cl.O=CNOC(=O)[C@@H]1CCNC1=O. The van der Waals surface area contributed by atoms with Crippen molar-refractivity contribution >= 4 is 30.7 Å². The third kappa shape index (κ3) is 2.90. The fourth-order valence-corrected chi connectivity index (χ4v) is 0.972. The Balaban J connectivity index is 0.00000144. The fourth-order valence-electron chi connectivity index (χ4n) is 0.972. The molecule has 2 amide bonds. The van der Waals surface area contributed by atoms with Crippen LogP contribution in [-0.4, -0.2) is 24.8 Å². The molecule has 0 aromatic rings. The minimum absolute atomic E-state index is 0. The van der Waals surface area contributed by atoms with Crippen LogP contribution in [0.15, 0.2) is 0 Å². The molecule has 6 nitrogen and oxygen atoms in total. The lowest BCUT2D eigenvalue weighted by Gasteiger charge is -2.03. The van der Waals surface area contributed by atoms with Crippen LogP contribution < -0.4 is 10.8 Å². The number of halogens is 1. The summed E-state index contributed by atoms with van der Waals surface area (Å²) in [6.07, 6.45) is 0.642. The van der Waals surface area contributed by atoms with Gasteiger partial charge in [-0.2, -0.15) is 5.48 Å². The van der Waals surface area contributed by atoms with Gasteiger partial charge in [0, 0.05) is 6.54 Å². The van der Waals surface area contributed by atoms with Crippen molar-refractivity contribution in [3.63, 3.8) is 0 Å². The summed E-state index contributed by atoms with van der Waals surface area (Å²) in [7, 11) is 0. The topological polar surface area (TPSA) is 84.5 Å². The molecule has 0 saturated carbocycles. The highest BCUT2D eigenvalue weighted by Gasteiger charge is 2.32. The van der Waals surface area contributed by atoms with Gasteiger partial charge in [0.05, 0.1) is 0 Å². The van der Waals surface area contributed by atoms with Gasteiger partial charge in [0.25, 0.3) is 0 Å². The molecule has 0 radical (unpaired) electrons. The summed E-state index contributed by atoms with van der Waals surface area (Å²) in [5.41, 5.74) is 1.74. The second-order valence-electron chi connectivity index (χ2n) is 2.29. The monoisotopic (exact) mass is 208 g/mol. The fraction of sp³-hybridized carbons (Fsp3) is 0.500. The van der Waals surface area contributed by atoms with Gasteiger partial charge in [0.1, 0.15) is 5.92 Å². The van der Waals surface area contributed by atoms with Crippen molar-refractivity contribution in [2.45, 2.75) is 6.42 Å². The minimum Gasteiger partial charge on any atom is -0.355 e. The van der Waals surface area contributed by atoms with E-state index in [4.69, 9.17) is 0 Å². The number of hydroxylamine groups is 1. The number of nitrogens with one attached hydrogen (secondary N) is 2. The highest BCUT2D eigenvalue weighted by molar-refractivity contribution is 5.99. The molecule has 0 spiro atoms. The Kier molecular flexibility index (Phi) is 4.83. The Labute approximate surface area is 80.4 Å². The zero-order chi connectivity index (χ0) is 8.97. The van der Waals surface area contributed by atoms with E-state index in [0.717, 1.165) is 0 Å². The van der Waals surface area contributed by atoms with Crippen molar-refractivity contribution < 1.29 is 19.2 Å². The van der Waals surface area contributed by atoms with Crippen LogP contribution in [0.4, 0.5) is 0 Å². The van der Waals surface area contributed by atoms with Gasteiger partial charge >= 0.3 is 5.97 Å². The van der Waals surface area contributed by atoms with Crippen molar-refractivity contribution in [3.05, 3.63) is 0 Å². The zero-order valence-electron chi connectivity index (χ0n) is 6.61. The third-order valence-electron chi connectivity index (χ3n) is 1.54. The zero-order valence-corrected chi connectivity index (χ0v) is 7.43. The lowest BCUT2D eigenvalue weighted by molar-refractivity contribution is -0.160. The van der Waals surface area contributed by atoms with E-state index in [-0.39, 0.29) is 24.7 Å². The molecule has 13 heavy (non-hydrogen) atoms. The second-order valence-corrected chi connectivity index (χ2v) is 2.29. The summed E-state index contributed by atoms with van der Waals surface area (Å²) in [6.45, 7) is 0.472. The molecule has 1 aliphatic heterocycles. The summed E-state index contributed by atoms with van der Waals surface area (Å²) in [6, 6.07) is 0. The molecule has 0 unspecified atom stereocenters. The normalized spacial score (nSPS) is 19.7. The quantitative estimate of drug-likeness (QED) is 0.345. The highest BCUT2D eigenvalue weighted by atomic mass is 35.5. The first kappa shape index (κ1) is 11.7. The first-order valence-corrected chi connectivity index (χ1v) is 3.43. The number of carbonyl (C=O) groups is 3. The van der Waals surface area contributed by atoms with E-state index < -0.39 is 11.9 Å². The summed E-state index contributed by atoms with van der Waals surface area (Å²) >= 11 is 0. The summed E-state index contributed by atoms with van der Waals surface area (Å²) < 4.78 is 0. The molecule has 1 heterocycles. The molecule has 1 rings (SSSR count). The Bertz CT molecular complexity index is 221. The van der Waals surface area contributed by atoms with E-state index in [1.54, 1.807) is 5.48 Å². The maximum atomic E-state index is 10.9. The van der Waals surface area contributed by atoms with Gasteiger partial charge in [0.2, 0.25) is 12.3 Å². The number of amides is 2. The lowest BCUT2D eigenvalue weighted by atomic mass is 10.1. The van der Waals surface area contributed by atoms with Crippen molar-refractivity contribution in [2.24, 2.45) is 5.92 Å².